The third kappa shape index (κ3) is 5.99. The monoisotopic (exact) mass is 417 g/mol. The van der Waals surface area contributed by atoms with Crippen molar-refractivity contribution in [3.8, 4) is 11.1 Å². The first-order valence-corrected chi connectivity index (χ1v) is 9.90. The van der Waals surface area contributed by atoms with Crippen molar-refractivity contribution in [3.63, 3.8) is 0 Å². The molecular weight excluding hydrogens is 394 g/mol. The predicted octanol–water partition coefficient (Wildman–Crippen LogP) is 5.08. The van der Waals surface area contributed by atoms with E-state index in [1.165, 1.54) is 0 Å². The lowest BCUT2D eigenvalue weighted by molar-refractivity contribution is -0.141. The Morgan fingerprint density at radius 2 is 1.52 bits per heavy atom. The van der Waals surface area contributed by atoms with Crippen LogP contribution in [-0.2, 0) is 4.79 Å². The van der Waals surface area contributed by atoms with Gasteiger partial charge in [0.15, 0.2) is 5.78 Å². The highest BCUT2D eigenvalue weighted by molar-refractivity contribution is 6.00. The van der Waals surface area contributed by atoms with Gasteiger partial charge in [0.1, 0.15) is 0 Å². The Labute approximate surface area is 180 Å². The number of aliphatic carboxylic acids is 1. The Balaban J connectivity index is 1.61. The van der Waals surface area contributed by atoms with Gasteiger partial charge in [0.05, 0.1) is 17.8 Å². The molecular formula is C24H23N3O4. The quantitative estimate of drug-likeness (QED) is 0.443. The first-order valence-electron chi connectivity index (χ1n) is 9.90. The van der Waals surface area contributed by atoms with E-state index in [1.54, 1.807) is 55.7 Å². The lowest BCUT2D eigenvalue weighted by Crippen LogP contribution is -2.19. The number of hydrogen-bond acceptors (Lipinski definition) is 4. The van der Waals surface area contributed by atoms with E-state index < -0.39 is 11.9 Å². The third-order valence-electron chi connectivity index (χ3n) is 4.88. The fraction of sp³-hybridized carbons (Fsp3) is 0.167. The maximum absolute atomic E-state index is 12.3. The number of rotatable bonds is 8. The van der Waals surface area contributed by atoms with Crippen molar-refractivity contribution in [3.05, 3.63) is 78.6 Å². The fourth-order valence-corrected chi connectivity index (χ4v) is 3.07. The molecule has 31 heavy (non-hydrogen) atoms. The molecule has 0 saturated heterocycles. The van der Waals surface area contributed by atoms with E-state index in [9.17, 15) is 14.4 Å². The summed E-state index contributed by atoms with van der Waals surface area (Å²) in [4.78, 5) is 39.5. The molecule has 0 unspecified atom stereocenters. The number of benzene rings is 2. The highest BCUT2D eigenvalue weighted by atomic mass is 16.4. The van der Waals surface area contributed by atoms with E-state index in [2.05, 4.69) is 15.6 Å². The number of carbonyl (C=O) groups is 3. The van der Waals surface area contributed by atoms with Crippen LogP contribution in [0.1, 0.15) is 30.1 Å². The van der Waals surface area contributed by atoms with E-state index in [1.807, 2.05) is 24.3 Å². The van der Waals surface area contributed by atoms with Crippen molar-refractivity contribution in [2.24, 2.45) is 5.92 Å². The van der Waals surface area contributed by atoms with Crippen LogP contribution in [0.5, 0.6) is 0 Å². The van der Waals surface area contributed by atoms with Gasteiger partial charge >= 0.3 is 12.0 Å². The molecule has 0 aliphatic heterocycles. The van der Waals surface area contributed by atoms with Gasteiger partial charge in [-0.1, -0.05) is 43.3 Å². The van der Waals surface area contributed by atoms with E-state index in [0.717, 1.165) is 11.1 Å². The summed E-state index contributed by atoms with van der Waals surface area (Å²) >= 11 is 0. The Hall–Kier alpha value is -4.00. The number of carboxylic acids is 1. The van der Waals surface area contributed by atoms with Crippen molar-refractivity contribution in [2.45, 2.75) is 19.8 Å². The van der Waals surface area contributed by atoms with Crippen molar-refractivity contribution in [1.82, 2.24) is 4.98 Å². The van der Waals surface area contributed by atoms with Crippen molar-refractivity contribution in [1.29, 1.82) is 0 Å². The number of urea groups is 1. The van der Waals surface area contributed by atoms with E-state index in [-0.39, 0.29) is 18.2 Å². The van der Waals surface area contributed by atoms with Crippen molar-refractivity contribution < 1.29 is 19.5 Å². The number of amides is 2. The zero-order valence-electron chi connectivity index (χ0n) is 17.0. The smallest absolute Gasteiger partial charge is 0.323 e. The minimum atomic E-state index is -0.949. The fourth-order valence-electron chi connectivity index (χ4n) is 3.07. The van der Waals surface area contributed by atoms with Crippen LogP contribution in [0.3, 0.4) is 0 Å². The number of pyridine rings is 1. The number of nitrogens with one attached hydrogen (secondary N) is 2. The zero-order chi connectivity index (χ0) is 22.2. The lowest BCUT2D eigenvalue weighted by atomic mass is 9.95. The number of nitrogens with zero attached hydrogens (tertiary/aromatic N) is 1. The largest absolute Gasteiger partial charge is 0.481 e. The van der Waals surface area contributed by atoms with E-state index in [4.69, 9.17) is 5.11 Å². The van der Waals surface area contributed by atoms with Crippen LogP contribution < -0.4 is 10.6 Å². The molecule has 0 spiro atoms. The van der Waals surface area contributed by atoms with Crippen LogP contribution in [0.4, 0.5) is 16.2 Å². The molecule has 1 aromatic heterocycles. The summed E-state index contributed by atoms with van der Waals surface area (Å²) < 4.78 is 0. The molecule has 0 aliphatic carbocycles. The van der Waals surface area contributed by atoms with Gasteiger partial charge in [-0.25, -0.2) is 4.79 Å². The highest BCUT2D eigenvalue weighted by Gasteiger charge is 2.20. The van der Waals surface area contributed by atoms with Crippen LogP contribution >= 0.6 is 0 Å². The van der Waals surface area contributed by atoms with Crippen LogP contribution in [0, 0.1) is 5.92 Å². The summed E-state index contributed by atoms with van der Waals surface area (Å²) in [5, 5.41) is 14.6. The second kappa shape index (κ2) is 10.2. The molecule has 2 aromatic carbocycles. The summed E-state index contributed by atoms with van der Waals surface area (Å²) in [5.41, 5.74) is 3.56. The summed E-state index contributed by atoms with van der Waals surface area (Å²) in [6, 6.07) is 17.5. The maximum atomic E-state index is 12.3. The van der Waals surface area contributed by atoms with Crippen LogP contribution in [-0.4, -0.2) is 27.9 Å². The summed E-state index contributed by atoms with van der Waals surface area (Å²) in [5.74, 6) is -1.79. The molecule has 0 fully saturated rings. The Bertz CT molecular complexity index is 1050. The minimum Gasteiger partial charge on any atom is -0.481 e. The highest BCUT2D eigenvalue weighted by Crippen LogP contribution is 2.23. The Morgan fingerprint density at radius 3 is 2.06 bits per heavy atom. The molecule has 7 nitrogen and oxygen atoms in total. The van der Waals surface area contributed by atoms with Gasteiger partial charge in [0, 0.05) is 23.9 Å². The number of hydrogen-bond donors (Lipinski definition) is 3. The van der Waals surface area contributed by atoms with Gasteiger partial charge in [0.25, 0.3) is 0 Å². The average molecular weight is 417 g/mol. The number of carboxylic acid groups (broad SMARTS) is 1. The van der Waals surface area contributed by atoms with Gasteiger partial charge in [-0.2, -0.15) is 0 Å². The van der Waals surface area contributed by atoms with Gasteiger partial charge in [-0.3, -0.25) is 14.6 Å². The first-order chi connectivity index (χ1) is 15.0. The molecule has 158 valence electrons. The van der Waals surface area contributed by atoms with Crippen molar-refractivity contribution in [2.75, 3.05) is 10.6 Å². The van der Waals surface area contributed by atoms with E-state index >= 15 is 0 Å². The number of ketones is 1. The van der Waals surface area contributed by atoms with Gasteiger partial charge in [-0.15, -0.1) is 0 Å². The SMILES string of the molecule is CC[C@@H](CC(=O)c1ccc(-c2ccc(NC(=O)Nc3cccnc3)cc2)cc1)C(=O)O. The van der Waals surface area contributed by atoms with Gasteiger partial charge in [0.2, 0.25) is 0 Å². The molecule has 1 heterocycles. The maximum Gasteiger partial charge on any atom is 0.323 e. The molecule has 2 amide bonds. The predicted molar refractivity (Wildman–Crippen MR) is 119 cm³/mol. The molecule has 0 bridgehead atoms. The second-order valence-electron chi connectivity index (χ2n) is 7.05. The second-order valence-corrected chi connectivity index (χ2v) is 7.05. The molecule has 3 rings (SSSR count). The Morgan fingerprint density at radius 1 is 0.903 bits per heavy atom. The number of aromatic nitrogens is 1. The molecule has 3 N–H and O–H groups in total. The molecule has 0 aliphatic rings. The molecule has 3 aromatic rings. The van der Waals surface area contributed by atoms with Crippen LogP contribution in [0.25, 0.3) is 11.1 Å². The number of Topliss-reactive ketones (excluding diaryl/α,β-unsaturated/α-hetero) is 1. The summed E-state index contributed by atoms with van der Waals surface area (Å²) in [6.07, 6.45) is 3.59. The van der Waals surface area contributed by atoms with Crippen LogP contribution in [0.15, 0.2) is 73.1 Å². The topological polar surface area (TPSA) is 108 Å². The molecule has 1 atom stereocenters. The number of anilines is 2. The Kier molecular flexibility index (Phi) is 7.11. The van der Waals surface area contributed by atoms with Crippen LogP contribution in [0.2, 0.25) is 0 Å². The average Bonchev–Trinajstić information content (AvgIpc) is 2.78. The molecule has 0 radical (unpaired) electrons. The summed E-state index contributed by atoms with van der Waals surface area (Å²) in [6.45, 7) is 1.76. The minimum absolute atomic E-state index is 0.00729. The molecule has 7 heteroatoms. The summed E-state index contributed by atoms with van der Waals surface area (Å²) in [7, 11) is 0. The van der Waals surface area contributed by atoms with Gasteiger partial charge < -0.3 is 15.7 Å². The standard InChI is InChI=1S/C24H23N3O4/c1-2-16(23(29)30)14-22(28)19-7-5-17(6-8-19)18-9-11-20(12-10-18)26-24(31)27-21-4-3-13-25-15-21/h3-13,15-16H,2,14H2,1H3,(H,29,30)(H2,26,27,31)/t16-/m0/s1. The number of carbonyl (C=O) groups excluding carboxylic acids is 2. The first kappa shape index (κ1) is 21.7. The molecule has 0 saturated carbocycles. The normalized spacial score (nSPS) is 11.4. The third-order valence-corrected chi connectivity index (χ3v) is 4.88. The van der Waals surface area contributed by atoms with Gasteiger partial charge in [-0.05, 0) is 41.8 Å². The zero-order valence-corrected chi connectivity index (χ0v) is 17.0. The van der Waals surface area contributed by atoms with E-state index in [0.29, 0.717) is 23.4 Å². The lowest BCUT2D eigenvalue weighted by Gasteiger charge is -2.10. The van der Waals surface area contributed by atoms with Crippen molar-refractivity contribution >= 4 is 29.2 Å².